The Morgan fingerprint density at radius 1 is 1.35 bits per heavy atom. The molecule has 1 aliphatic rings. The predicted octanol–water partition coefficient (Wildman–Crippen LogP) is 2.93. The van der Waals surface area contributed by atoms with Crippen molar-refractivity contribution >= 4 is 22.8 Å². The lowest BCUT2D eigenvalue weighted by molar-refractivity contribution is 0.177. The number of carbonyl (C=O) groups is 1. The van der Waals surface area contributed by atoms with E-state index in [-0.39, 0.29) is 18.0 Å². The van der Waals surface area contributed by atoms with Crippen molar-refractivity contribution in [3.63, 3.8) is 0 Å². The van der Waals surface area contributed by atoms with Gasteiger partial charge in [-0.05, 0) is 33.1 Å². The molecule has 2 aromatic rings. The summed E-state index contributed by atoms with van der Waals surface area (Å²) in [6, 6.07) is 0.148. The Morgan fingerprint density at radius 3 is 2.85 bits per heavy atom. The number of aromatic nitrogens is 3. The molecule has 0 bridgehead atoms. The van der Waals surface area contributed by atoms with Gasteiger partial charge in [0.15, 0.2) is 0 Å². The topological polar surface area (TPSA) is 83.0 Å². The number of pyridine rings is 1. The summed E-state index contributed by atoms with van der Waals surface area (Å²) in [5.74, 6) is 1.09. The fraction of sp³-hybridized carbons (Fsp3) is 0.579. The van der Waals surface area contributed by atoms with Crippen molar-refractivity contribution in [1.29, 1.82) is 0 Å². The molecule has 26 heavy (non-hydrogen) atoms. The van der Waals surface area contributed by atoms with Gasteiger partial charge in [-0.25, -0.2) is 19.7 Å². The van der Waals surface area contributed by atoms with Crippen LogP contribution in [-0.4, -0.2) is 52.1 Å². The number of aryl methyl sites for hydroxylation is 1. The standard InChI is InChI=1S/C19H28N6O/c1-5-14-16-15(9-21-18(14)20-4)22-11-23-17(16)13-7-6-8-25(10-13)19(26)24-12(2)3/h9,11-13H,5-8,10H2,1-4H3,(H,20,21)(H,24,26). The first-order valence-electron chi connectivity index (χ1n) is 9.40. The highest BCUT2D eigenvalue weighted by Crippen LogP contribution is 2.33. The molecule has 0 aromatic carbocycles. The molecular formula is C19H28N6O. The largest absolute Gasteiger partial charge is 0.373 e. The lowest BCUT2D eigenvalue weighted by Crippen LogP contribution is -2.47. The summed E-state index contributed by atoms with van der Waals surface area (Å²) in [5.41, 5.74) is 3.05. The highest BCUT2D eigenvalue weighted by molar-refractivity contribution is 5.87. The van der Waals surface area contributed by atoms with Gasteiger partial charge in [0.05, 0.1) is 17.4 Å². The van der Waals surface area contributed by atoms with Gasteiger partial charge < -0.3 is 15.5 Å². The number of nitrogens with zero attached hydrogens (tertiary/aromatic N) is 4. The van der Waals surface area contributed by atoms with Crippen LogP contribution in [0.4, 0.5) is 10.6 Å². The van der Waals surface area contributed by atoms with Crippen LogP contribution in [0.1, 0.15) is 50.8 Å². The summed E-state index contributed by atoms with van der Waals surface area (Å²) in [7, 11) is 1.88. The number of hydrogen-bond donors (Lipinski definition) is 2. The van der Waals surface area contributed by atoms with E-state index >= 15 is 0 Å². The van der Waals surface area contributed by atoms with E-state index in [1.807, 2.05) is 25.8 Å². The third-order valence-corrected chi connectivity index (χ3v) is 4.91. The van der Waals surface area contributed by atoms with Gasteiger partial charge in [0.25, 0.3) is 0 Å². The van der Waals surface area contributed by atoms with E-state index in [9.17, 15) is 4.79 Å². The second-order valence-electron chi connectivity index (χ2n) is 7.10. The predicted molar refractivity (Wildman–Crippen MR) is 103 cm³/mol. The summed E-state index contributed by atoms with van der Waals surface area (Å²) in [5, 5.41) is 7.26. The second-order valence-corrected chi connectivity index (χ2v) is 7.10. The molecule has 7 heteroatoms. The van der Waals surface area contributed by atoms with E-state index in [0.717, 1.165) is 53.8 Å². The minimum absolute atomic E-state index is 0.0105. The lowest BCUT2D eigenvalue weighted by Gasteiger charge is -2.33. The van der Waals surface area contributed by atoms with Crippen molar-refractivity contribution in [3.8, 4) is 0 Å². The highest BCUT2D eigenvalue weighted by Gasteiger charge is 2.28. The average Bonchev–Trinajstić information content (AvgIpc) is 2.66. The maximum absolute atomic E-state index is 12.4. The quantitative estimate of drug-likeness (QED) is 0.880. The first-order valence-corrected chi connectivity index (χ1v) is 9.40. The molecule has 1 unspecified atom stereocenters. The van der Waals surface area contributed by atoms with E-state index in [1.54, 1.807) is 12.5 Å². The summed E-state index contributed by atoms with van der Waals surface area (Å²) in [6.45, 7) is 7.57. The van der Waals surface area contributed by atoms with Crippen LogP contribution in [0.25, 0.3) is 10.9 Å². The smallest absolute Gasteiger partial charge is 0.317 e. The van der Waals surface area contributed by atoms with E-state index in [2.05, 4.69) is 32.5 Å². The number of nitrogens with one attached hydrogen (secondary N) is 2. The number of fused-ring (bicyclic) bond motifs is 1. The van der Waals surface area contributed by atoms with Gasteiger partial charge in [-0.3, -0.25) is 0 Å². The Labute approximate surface area is 154 Å². The summed E-state index contributed by atoms with van der Waals surface area (Å²) in [6.07, 6.45) is 6.28. The molecule has 0 aliphatic carbocycles. The van der Waals surface area contributed by atoms with Crippen LogP contribution in [0.2, 0.25) is 0 Å². The van der Waals surface area contributed by atoms with E-state index in [1.165, 1.54) is 0 Å². The van der Waals surface area contributed by atoms with Gasteiger partial charge >= 0.3 is 6.03 Å². The number of amides is 2. The number of anilines is 1. The highest BCUT2D eigenvalue weighted by atomic mass is 16.2. The molecule has 0 radical (unpaired) electrons. The zero-order valence-corrected chi connectivity index (χ0v) is 16.0. The molecule has 1 saturated heterocycles. The molecule has 0 spiro atoms. The SMILES string of the molecule is CCc1c(NC)ncc2ncnc(C3CCCN(C(=O)NC(C)C)C3)c12. The van der Waals surface area contributed by atoms with Crippen molar-refractivity contribution in [1.82, 2.24) is 25.2 Å². The maximum atomic E-state index is 12.4. The molecule has 0 saturated carbocycles. The molecule has 3 heterocycles. The first kappa shape index (κ1) is 18.4. The van der Waals surface area contributed by atoms with Crippen molar-refractivity contribution in [2.75, 3.05) is 25.5 Å². The van der Waals surface area contributed by atoms with Crippen molar-refractivity contribution < 1.29 is 4.79 Å². The zero-order chi connectivity index (χ0) is 18.7. The van der Waals surface area contributed by atoms with Gasteiger partial charge in [0.2, 0.25) is 0 Å². The van der Waals surface area contributed by atoms with Crippen LogP contribution in [0, 0.1) is 0 Å². The second kappa shape index (κ2) is 7.85. The minimum Gasteiger partial charge on any atom is -0.373 e. The van der Waals surface area contributed by atoms with Crippen LogP contribution in [0.15, 0.2) is 12.5 Å². The monoisotopic (exact) mass is 356 g/mol. The molecule has 2 amide bonds. The Kier molecular flexibility index (Phi) is 5.54. The Hall–Kier alpha value is -2.44. The fourth-order valence-electron chi connectivity index (χ4n) is 3.73. The zero-order valence-electron chi connectivity index (χ0n) is 16.0. The minimum atomic E-state index is 0.0105. The number of piperidine rings is 1. The average molecular weight is 356 g/mol. The van der Waals surface area contributed by atoms with Gasteiger partial charge in [0.1, 0.15) is 12.1 Å². The van der Waals surface area contributed by atoms with Crippen LogP contribution in [-0.2, 0) is 6.42 Å². The summed E-state index contributed by atoms with van der Waals surface area (Å²) in [4.78, 5) is 27.9. The van der Waals surface area contributed by atoms with Gasteiger partial charge in [-0.1, -0.05) is 6.92 Å². The van der Waals surface area contributed by atoms with Crippen molar-refractivity contribution in [2.45, 2.75) is 52.0 Å². The third-order valence-electron chi connectivity index (χ3n) is 4.91. The Balaban J connectivity index is 1.98. The normalized spacial score (nSPS) is 17.6. The van der Waals surface area contributed by atoms with Crippen LogP contribution >= 0.6 is 0 Å². The molecule has 3 rings (SSSR count). The van der Waals surface area contributed by atoms with Crippen LogP contribution < -0.4 is 10.6 Å². The molecule has 2 aromatic heterocycles. The lowest BCUT2D eigenvalue weighted by atomic mass is 9.90. The number of likely N-dealkylation sites (tertiary alicyclic amines) is 1. The van der Waals surface area contributed by atoms with Crippen LogP contribution in [0.3, 0.4) is 0 Å². The third kappa shape index (κ3) is 3.57. The first-order chi connectivity index (χ1) is 12.5. The molecular weight excluding hydrogens is 328 g/mol. The van der Waals surface area contributed by atoms with Gasteiger partial charge in [-0.15, -0.1) is 0 Å². The molecule has 140 valence electrons. The van der Waals surface area contributed by atoms with Crippen LogP contribution in [0.5, 0.6) is 0 Å². The number of rotatable bonds is 4. The maximum Gasteiger partial charge on any atom is 0.317 e. The number of carbonyl (C=O) groups excluding carboxylic acids is 1. The molecule has 1 fully saturated rings. The molecule has 2 N–H and O–H groups in total. The summed E-state index contributed by atoms with van der Waals surface area (Å²) < 4.78 is 0. The molecule has 1 atom stereocenters. The summed E-state index contributed by atoms with van der Waals surface area (Å²) >= 11 is 0. The number of urea groups is 1. The van der Waals surface area contributed by atoms with Crippen molar-refractivity contribution in [3.05, 3.63) is 23.8 Å². The van der Waals surface area contributed by atoms with Gasteiger partial charge in [0, 0.05) is 43.0 Å². The Bertz CT molecular complexity index is 791. The Morgan fingerprint density at radius 2 is 2.15 bits per heavy atom. The number of hydrogen-bond acceptors (Lipinski definition) is 5. The van der Waals surface area contributed by atoms with E-state index < -0.39 is 0 Å². The fourth-order valence-corrected chi connectivity index (χ4v) is 3.73. The molecule has 1 aliphatic heterocycles. The van der Waals surface area contributed by atoms with Gasteiger partial charge in [-0.2, -0.15) is 0 Å². The molecule has 7 nitrogen and oxygen atoms in total. The van der Waals surface area contributed by atoms with E-state index in [0.29, 0.717) is 6.54 Å². The van der Waals surface area contributed by atoms with Crippen molar-refractivity contribution in [2.24, 2.45) is 0 Å². The van der Waals surface area contributed by atoms with E-state index in [4.69, 9.17) is 0 Å².